The van der Waals surface area contributed by atoms with Crippen molar-refractivity contribution in [1.82, 2.24) is 20.4 Å². The van der Waals surface area contributed by atoms with Crippen LogP contribution in [0, 0.1) is 6.92 Å². The fourth-order valence-corrected chi connectivity index (χ4v) is 2.26. The molecule has 0 spiro atoms. The van der Waals surface area contributed by atoms with Gasteiger partial charge in [0.05, 0.1) is 12.2 Å². The first-order chi connectivity index (χ1) is 11.0. The Morgan fingerprint density at radius 1 is 1.22 bits per heavy atom. The highest BCUT2D eigenvalue weighted by atomic mass is 35.5. The molecule has 1 heterocycles. The number of hydrogen-bond acceptors (Lipinski definition) is 3. The fourth-order valence-electron chi connectivity index (χ4n) is 2.13. The van der Waals surface area contributed by atoms with Crippen LogP contribution in [-0.2, 0) is 18.3 Å². The molecular weight excluding hydrogens is 316 g/mol. The molecule has 0 aliphatic carbocycles. The lowest BCUT2D eigenvalue weighted by atomic mass is 10.1. The Hall–Kier alpha value is -2.34. The van der Waals surface area contributed by atoms with Gasteiger partial charge >= 0.3 is 0 Å². The van der Waals surface area contributed by atoms with Crippen LogP contribution in [0.5, 0.6) is 0 Å². The molecule has 0 unspecified atom stereocenters. The summed E-state index contributed by atoms with van der Waals surface area (Å²) in [7, 11) is 1.69. The third kappa shape index (κ3) is 5.10. The van der Waals surface area contributed by atoms with Crippen molar-refractivity contribution in [2.45, 2.75) is 13.3 Å². The van der Waals surface area contributed by atoms with Crippen LogP contribution in [0.2, 0.25) is 5.02 Å². The number of aryl methyl sites for hydroxylation is 2. The molecule has 0 bridgehead atoms. The summed E-state index contributed by atoms with van der Waals surface area (Å²) in [5.74, 6) is -0.549. The van der Waals surface area contributed by atoms with Gasteiger partial charge in [0.1, 0.15) is 5.69 Å². The van der Waals surface area contributed by atoms with Crippen LogP contribution in [0.15, 0.2) is 30.3 Å². The van der Waals surface area contributed by atoms with Gasteiger partial charge in [-0.05, 0) is 37.1 Å². The number of carbonyl (C=O) groups is 2. The van der Waals surface area contributed by atoms with Gasteiger partial charge in [-0.25, -0.2) is 0 Å². The molecule has 2 rings (SSSR count). The summed E-state index contributed by atoms with van der Waals surface area (Å²) in [4.78, 5) is 23.7. The summed E-state index contributed by atoms with van der Waals surface area (Å²) < 4.78 is 1.49. The quantitative estimate of drug-likeness (QED) is 0.840. The zero-order chi connectivity index (χ0) is 16.8. The van der Waals surface area contributed by atoms with E-state index < -0.39 is 0 Å². The molecule has 0 saturated carbocycles. The minimum absolute atomic E-state index is 0.0658. The normalized spacial score (nSPS) is 10.4. The van der Waals surface area contributed by atoms with Crippen LogP contribution in [0.25, 0.3) is 0 Å². The number of amides is 2. The standard InChI is InChI=1S/C16H19ClN4O2/c1-11-9-14(21(2)20-11)16(23)19-10-15(22)18-8-7-12-3-5-13(17)6-4-12/h3-6,9H,7-8,10H2,1-2H3,(H,18,22)(H,19,23). The number of carbonyl (C=O) groups excluding carboxylic acids is 2. The van der Waals surface area contributed by atoms with Gasteiger partial charge in [0.15, 0.2) is 0 Å². The Morgan fingerprint density at radius 3 is 2.52 bits per heavy atom. The van der Waals surface area contributed by atoms with E-state index in [2.05, 4.69) is 15.7 Å². The minimum atomic E-state index is -0.319. The average molecular weight is 335 g/mol. The zero-order valence-corrected chi connectivity index (χ0v) is 13.9. The summed E-state index contributed by atoms with van der Waals surface area (Å²) >= 11 is 5.81. The van der Waals surface area contributed by atoms with E-state index in [4.69, 9.17) is 11.6 Å². The van der Waals surface area contributed by atoms with Gasteiger partial charge in [-0.3, -0.25) is 14.3 Å². The van der Waals surface area contributed by atoms with Crippen LogP contribution in [0.1, 0.15) is 21.7 Å². The molecule has 7 heteroatoms. The Labute approximate surface area is 139 Å². The largest absolute Gasteiger partial charge is 0.354 e. The van der Waals surface area contributed by atoms with Gasteiger partial charge in [0.25, 0.3) is 5.91 Å². The first-order valence-electron chi connectivity index (χ1n) is 7.25. The highest BCUT2D eigenvalue weighted by Crippen LogP contribution is 2.09. The second-order valence-electron chi connectivity index (χ2n) is 5.20. The third-order valence-corrected chi connectivity index (χ3v) is 3.55. The Kier molecular flexibility index (Phi) is 5.76. The maximum absolute atomic E-state index is 11.9. The van der Waals surface area contributed by atoms with Crippen molar-refractivity contribution in [3.8, 4) is 0 Å². The smallest absolute Gasteiger partial charge is 0.269 e. The number of nitrogens with zero attached hydrogens (tertiary/aromatic N) is 2. The fraction of sp³-hybridized carbons (Fsp3) is 0.312. The van der Waals surface area contributed by atoms with Crippen molar-refractivity contribution < 1.29 is 9.59 Å². The molecule has 2 amide bonds. The Bertz CT molecular complexity index is 695. The third-order valence-electron chi connectivity index (χ3n) is 3.29. The lowest BCUT2D eigenvalue weighted by Crippen LogP contribution is -2.38. The highest BCUT2D eigenvalue weighted by Gasteiger charge is 2.12. The summed E-state index contributed by atoms with van der Waals surface area (Å²) in [6, 6.07) is 9.14. The molecule has 0 fully saturated rings. The number of nitrogens with one attached hydrogen (secondary N) is 2. The predicted molar refractivity (Wildman–Crippen MR) is 88.4 cm³/mol. The summed E-state index contributed by atoms with van der Waals surface area (Å²) in [5, 5.41) is 10.1. The van der Waals surface area contributed by atoms with Crippen molar-refractivity contribution in [1.29, 1.82) is 0 Å². The van der Waals surface area contributed by atoms with Crippen LogP contribution < -0.4 is 10.6 Å². The van der Waals surface area contributed by atoms with E-state index in [0.29, 0.717) is 23.7 Å². The van der Waals surface area contributed by atoms with E-state index in [0.717, 1.165) is 11.3 Å². The van der Waals surface area contributed by atoms with Gasteiger partial charge in [0, 0.05) is 18.6 Å². The maximum atomic E-state index is 11.9. The van der Waals surface area contributed by atoms with E-state index in [1.807, 2.05) is 24.3 Å². The van der Waals surface area contributed by atoms with Crippen LogP contribution in [-0.4, -0.2) is 34.7 Å². The molecule has 1 aromatic carbocycles. The topological polar surface area (TPSA) is 76.0 Å². The predicted octanol–water partition coefficient (Wildman–Crippen LogP) is 1.47. The molecule has 0 radical (unpaired) electrons. The first-order valence-corrected chi connectivity index (χ1v) is 7.63. The lowest BCUT2D eigenvalue weighted by Gasteiger charge is -2.07. The van der Waals surface area contributed by atoms with Crippen LogP contribution in [0.4, 0.5) is 0 Å². The van der Waals surface area contributed by atoms with Gasteiger partial charge < -0.3 is 10.6 Å². The van der Waals surface area contributed by atoms with E-state index in [1.165, 1.54) is 4.68 Å². The van der Waals surface area contributed by atoms with Gasteiger partial charge in [-0.1, -0.05) is 23.7 Å². The number of benzene rings is 1. The second-order valence-corrected chi connectivity index (χ2v) is 5.64. The molecule has 2 N–H and O–H groups in total. The number of halogens is 1. The molecule has 23 heavy (non-hydrogen) atoms. The number of rotatable bonds is 6. The number of hydrogen-bond donors (Lipinski definition) is 2. The molecule has 0 aliphatic heterocycles. The van der Waals surface area contributed by atoms with Gasteiger partial charge in [-0.15, -0.1) is 0 Å². The average Bonchev–Trinajstić information content (AvgIpc) is 2.85. The Balaban J connectivity index is 1.71. The summed E-state index contributed by atoms with van der Waals surface area (Å²) in [5.41, 5.74) is 2.27. The molecular formula is C16H19ClN4O2. The zero-order valence-electron chi connectivity index (χ0n) is 13.1. The van der Waals surface area contributed by atoms with Crippen molar-refractivity contribution in [3.05, 3.63) is 52.3 Å². The van der Waals surface area contributed by atoms with Crippen LogP contribution >= 0.6 is 11.6 Å². The molecule has 0 aliphatic rings. The molecule has 122 valence electrons. The van der Waals surface area contributed by atoms with E-state index in [9.17, 15) is 9.59 Å². The number of aromatic nitrogens is 2. The van der Waals surface area contributed by atoms with Crippen molar-refractivity contribution in [2.75, 3.05) is 13.1 Å². The van der Waals surface area contributed by atoms with Crippen molar-refractivity contribution >= 4 is 23.4 Å². The molecule has 0 atom stereocenters. The molecule has 1 aromatic heterocycles. The van der Waals surface area contributed by atoms with Crippen LogP contribution in [0.3, 0.4) is 0 Å². The Morgan fingerprint density at radius 2 is 1.91 bits per heavy atom. The second kappa shape index (κ2) is 7.78. The van der Waals surface area contributed by atoms with Gasteiger partial charge in [0.2, 0.25) is 5.91 Å². The molecule has 6 nitrogen and oxygen atoms in total. The molecule has 2 aromatic rings. The van der Waals surface area contributed by atoms with E-state index in [-0.39, 0.29) is 18.4 Å². The van der Waals surface area contributed by atoms with E-state index in [1.54, 1.807) is 20.0 Å². The van der Waals surface area contributed by atoms with Gasteiger partial charge in [-0.2, -0.15) is 5.10 Å². The first kappa shape index (κ1) is 17.0. The van der Waals surface area contributed by atoms with E-state index >= 15 is 0 Å². The SMILES string of the molecule is Cc1cc(C(=O)NCC(=O)NCCc2ccc(Cl)cc2)n(C)n1. The monoisotopic (exact) mass is 334 g/mol. The summed E-state index contributed by atoms with van der Waals surface area (Å²) in [6.07, 6.45) is 0.706. The van der Waals surface area contributed by atoms with Crippen molar-refractivity contribution in [2.24, 2.45) is 7.05 Å². The van der Waals surface area contributed by atoms with Crippen molar-refractivity contribution in [3.63, 3.8) is 0 Å². The maximum Gasteiger partial charge on any atom is 0.269 e. The molecule has 0 saturated heterocycles. The lowest BCUT2D eigenvalue weighted by molar-refractivity contribution is -0.120. The minimum Gasteiger partial charge on any atom is -0.354 e. The highest BCUT2D eigenvalue weighted by molar-refractivity contribution is 6.30. The summed E-state index contributed by atoms with van der Waals surface area (Å²) in [6.45, 7) is 2.24.